The van der Waals surface area contributed by atoms with Crippen LogP contribution in [0.3, 0.4) is 0 Å². The van der Waals surface area contributed by atoms with Gasteiger partial charge in [0.1, 0.15) is 10.1 Å². The molecule has 1 atom stereocenters. The van der Waals surface area contributed by atoms with Gasteiger partial charge in [-0.3, -0.25) is 9.69 Å². The Kier molecular flexibility index (Phi) is 6.80. The number of amides is 1. The molecule has 2 aromatic carbocycles. The number of hydrogen-bond donors (Lipinski definition) is 0. The number of carbonyl (C=O) groups excluding carboxylic acids is 1. The number of halogens is 2. The first-order valence-corrected chi connectivity index (χ1v) is 13.0. The molecule has 0 unspecified atom stereocenters. The molecule has 0 aliphatic carbocycles. The lowest BCUT2D eigenvalue weighted by atomic mass is 10.1. The second-order valence-electron chi connectivity index (χ2n) is 8.51. The van der Waals surface area contributed by atoms with Gasteiger partial charge in [-0.25, -0.2) is 4.39 Å². The number of aromatic nitrogens is 1. The quantitative estimate of drug-likeness (QED) is 0.280. The molecule has 3 heterocycles. The minimum Gasteiger partial charge on any atom is -0.376 e. The van der Waals surface area contributed by atoms with E-state index in [2.05, 4.69) is 13.0 Å². The zero-order valence-corrected chi connectivity index (χ0v) is 21.1. The van der Waals surface area contributed by atoms with Crippen molar-refractivity contribution in [3.05, 3.63) is 75.0 Å². The van der Waals surface area contributed by atoms with Crippen molar-refractivity contribution >= 4 is 62.8 Å². The van der Waals surface area contributed by atoms with Crippen LogP contribution < -0.4 is 0 Å². The number of nitrogens with zero attached hydrogens (tertiary/aromatic N) is 2. The van der Waals surface area contributed by atoms with Crippen LogP contribution in [0.4, 0.5) is 4.39 Å². The van der Waals surface area contributed by atoms with Crippen LogP contribution in [-0.4, -0.2) is 39.0 Å². The van der Waals surface area contributed by atoms with Gasteiger partial charge >= 0.3 is 0 Å². The fourth-order valence-electron chi connectivity index (χ4n) is 4.63. The van der Waals surface area contributed by atoms with Gasteiger partial charge in [0.15, 0.2) is 0 Å². The molecule has 0 radical (unpaired) electrons. The van der Waals surface area contributed by atoms with Crippen molar-refractivity contribution in [2.75, 3.05) is 13.2 Å². The van der Waals surface area contributed by atoms with Gasteiger partial charge in [0, 0.05) is 34.3 Å². The molecular formula is C26H24ClFN2O2S2. The molecule has 0 spiro atoms. The molecule has 2 aliphatic heterocycles. The third-order valence-corrected chi connectivity index (χ3v) is 8.09. The van der Waals surface area contributed by atoms with Crippen LogP contribution >= 0.6 is 35.6 Å². The Labute approximate surface area is 212 Å². The van der Waals surface area contributed by atoms with Gasteiger partial charge in [0.2, 0.25) is 0 Å². The largest absolute Gasteiger partial charge is 0.376 e. The molecular weight excluding hydrogens is 491 g/mol. The minimum absolute atomic E-state index is 0.0430. The van der Waals surface area contributed by atoms with Crippen LogP contribution in [0.5, 0.6) is 0 Å². The maximum Gasteiger partial charge on any atom is 0.266 e. The first kappa shape index (κ1) is 23.5. The molecule has 1 amide bonds. The topological polar surface area (TPSA) is 34.5 Å². The van der Waals surface area contributed by atoms with Gasteiger partial charge in [-0.1, -0.05) is 66.8 Å². The van der Waals surface area contributed by atoms with Crippen LogP contribution in [0.1, 0.15) is 36.5 Å². The van der Waals surface area contributed by atoms with E-state index in [9.17, 15) is 9.18 Å². The number of hydrogen-bond acceptors (Lipinski definition) is 4. The lowest BCUT2D eigenvalue weighted by molar-refractivity contribution is -0.123. The van der Waals surface area contributed by atoms with Crippen LogP contribution in [0.25, 0.3) is 17.0 Å². The van der Waals surface area contributed by atoms with Gasteiger partial charge in [-0.15, -0.1) is 0 Å². The average molecular weight is 515 g/mol. The van der Waals surface area contributed by atoms with Crippen molar-refractivity contribution in [3.8, 4) is 0 Å². The average Bonchev–Trinajstić information content (AvgIpc) is 3.53. The number of fused-ring (bicyclic) bond motifs is 1. The van der Waals surface area contributed by atoms with Crippen LogP contribution in [0.15, 0.2) is 47.5 Å². The van der Waals surface area contributed by atoms with E-state index in [-0.39, 0.29) is 17.8 Å². The third kappa shape index (κ3) is 4.42. The van der Waals surface area contributed by atoms with Gasteiger partial charge in [-0.05, 0) is 43.0 Å². The first-order chi connectivity index (χ1) is 16.5. The normalized spacial score (nSPS) is 19.8. The fourth-order valence-corrected chi connectivity index (χ4v) is 6.12. The van der Waals surface area contributed by atoms with Crippen molar-refractivity contribution in [1.29, 1.82) is 0 Å². The summed E-state index contributed by atoms with van der Waals surface area (Å²) in [6.45, 7) is 3.63. The summed E-state index contributed by atoms with van der Waals surface area (Å²) in [7, 11) is 0. The lowest BCUT2D eigenvalue weighted by Gasteiger charge is -2.18. The first-order valence-electron chi connectivity index (χ1n) is 11.4. The minimum atomic E-state index is -0.333. The Morgan fingerprint density at radius 2 is 2.12 bits per heavy atom. The van der Waals surface area contributed by atoms with Gasteiger partial charge in [0.05, 0.1) is 29.6 Å². The predicted molar refractivity (Wildman–Crippen MR) is 141 cm³/mol. The number of ether oxygens (including phenoxy) is 1. The maximum atomic E-state index is 14.6. The molecule has 2 fully saturated rings. The van der Waals surface area contributed by atoms with Gasteiger partial charge < -0.3 is 9.30 Å². The molecule has 0 N–H and O–H groups in total. The number of thioether (sulfide) groups is 1. The Hall–Kier alpha value is -2.19. The van der Waals surface area contributed by atoms with E-state index in [1.165, 1.54) is 17.8 Å². The number of rotatable bonds is 6. The van der Waals surface area contributed by atoms with E-state index < -0.39 is 0 Å². The highest BCUT2D eigenvalue weighted by atomic mass is 35.5. The number of carbonyl (C=O) groups is 1. The van der Waals surface area contributed by atoms with Crippen LogP contribution in [0, 0.1) is 5.82 Å². The van der Waals surface area contributed by atoms with E-state index in [1.807, 2.05) is 29.0 Å². The molecule has 4 nitrogen and oxygen atoms in total. The second-order valence-corrected chi connectivity index (χ2v) is 10.6. The standard InChI is InChI=1S/C26H24ClFN2O2S2/c1-2-16-6-3-8-19-17(13-29(24(16)19)15-20-21(27)9-4-10-22(20)28)12-23-25(31)30(26(33)34-23)14-18-7-5-11-32-18/h3-4,6,8-10,12-13,18H,2,5,7,11,14-15H2,1H3/b23-12-/t18-/m1/s1. The summed E-state index contributed by atoms with van der Waals surface area (Å²) in [6, 6.07) is 10.9. The zero-order chi connectivity index (χ0) is 23.8. The Morgan fingerprint density at radius 3 is 2.85 bits per heavy atom. The highest BCUT2D eigenvalue weighted by molar-refractivity contribution is 8.26. The monoisotopic (exact) mass is 514 g/mol. The van der Waals surface area contributed by atoms with E-state index in [4.69, 9.17) is 28.6 Å². The van der Waals surface area contributed by atoms with E-state index in [0.29, 0.717) is 32.9 Å². The molecule has 0 saturated carbocycles. The SMILES string of the molecule is CCc1cccc2c(/C=C3\SC(=S)N(C[C@H]4CCCO4)C3=O)cn(Cc3c(F)cccc3Cl)c12. The summed E-state index contributed by atoms with van der Waals surface area (Å²) in [4.78, 5) is 15.4. The molecule has 176 valence electrons. The summed E-state index contributed by atoms with van der Waals surface area (Å²) < 4.78 is 22.9. The zero-order valence-electron chi connectivity index (χ0n) is 18.7. The maximum absolute atomic E-state index is 14.6. The number of para-hydroxylation sites is 1. The number of thiocarbonyl (C=S) groups is 1. The van der Waals surface area contributed by atoms with E-state index in [1.54, 1.807) is 17.0 Å². The van der Waals surface area contributed by atoms with Crippen molar-refractivity contribution < 1.29 is 13.9 Å². The van der Waals surface area contributed by atoms with Crippen molar-refractivity contribution in [2.24, 2.45) is 0 Å². The molecule has 5 rings (SSSR count). The van der Waals surface area contributed by atoms with Crippen molar-refractivity contribution in [2.45, 2.75) is 38.8 Å². The molecule has 1 aromatic heterocycles. The molecule has 0 bridgehead atoms. The van der Waals surface area contributed by atoms with Crippen LogP contribution in [0.2, 0.25) is 5.02 Å². The highest BCUT2D eigenvalue weighted by Crippen LogP contribution is 2.36. The second kappa shape index (κ2) is 9.82. The summed E-state index contributed by atoms with van der Waals surface area (Å²) in [6.07, 6.45) is 6.70. The molecule has 2 saturated heterocycles. The van der Waals surface area contributed by atoms with Crippen LogP contribution in [-0.2, 0) is 22.5 Å². The summed E-state index contributed by atoms with van der Waals surface area (Å²) in [5, 5.41) is 1.41. The van der Waals surface area contributed by atoms with E-state index >= 15 is 0 Å². The Morgan fingerprint density at radius 1 is 1.29 bits per heavy atom. The fraction of sp³-hybridized carbons (Fsp3) is 0.308. The summed E-state index contributed by atoms with van der Waals surface area (Å²) >= 11 is 13.2. The third-order valence-electron chi connectivity index (χ3n) is 6.35. The number of benzene rings is 2. The highest BCUT2D eigenvalue weighted by Gasteiger charge is 2.34. The number of aryl methyl sites for hydroxylation is 1. The van der Waals surface area contributed by atoms with E-state index in [0.717, 1.165) is 47.9 Å². The summed E-state index contributed by atoms with van der Waals surface area (Å²) in [5.74, 6) is -0.421. The molecule has 2 aliphatic rings. The smallest absolute Gasteiger partial charge is 0.266 e. The molecule has 3 aromatic rings. The predicted octanol–water partition coefficient (Wildman–Crippen LogP) is 6.42. The van der Waals surface area contributed by atoms with Gasteiger partial charge in [0.25, 0.3) is 5.91 Å². The lowest BCUT2D eigenvalue weighted by Crippen LogP contribution is -2.35. The van der Waals surface area contributed by atoms with Gasteiger partial charge in [-0.2, -0.15) is 0 Å². The summed E-state index contributed by atoms with van der Waals surface area (Å²) in [5.41, 5.74) is 3.51. The Bertz CT molecular complexity index is 1290. The van der Waals surface area contributed by atoms with Crippen molar-refractivity contribution in [1.82, 2.24) is 9.47 Å². The molecule has 34 heavy (non-hydrogen) atoms. The molecule has 8 heteroatoms. The Balaban J connectivity index is 1.53. The van der Waals surface area contributed by atoms with Crippen molar-refractivity contribution in [3.63, 3.8) is 0 Å².